The number of carbonyl (C=O) groups excluding carboxylic acids is 1. The zero-order valence-corrected chi connectivity index (χ0v) is 9.39. The molecular weight excluding hydrogens is 242 g/mol. The number of halogens is 1. The van der Waals surface area contributed by atoms with Crippen molar-refractivity contribution in [1.29, 1.82) is 0 Å². The van der Waals surface area contributed by atoms with E-state index in [4.69, 9.17) is 0 Å². The minimum atomic E-state index is 0.0816. The van der Waals surface area contributed by atoms with Crippen molar-refractivity contribution in [2.24, 2.45) is 0 Å². The molecule has 72 valence electrons. The van der Waals surface area contributed by atoms with Gasteiger partial charge in [0.2, 0.25) is 0 Å². The summed E-state index contributed by atoms with van der Waals surface area (Å²) < 4.78 is 0. The van der Waals surface area contributed by atoms with Crippen molar-refractivity contribution in [1.82, 2.24) is 0 Å². The summed E-state index contributed by atoms with van der Waals surface area (Å²) in [7, 11) is 0. The maximum Gasteiger partial charge on any atom is 0.173 e. The lowest BCUT2D eigenvalue weighted by molar-refractivity contribution is 0.102. The fourth-order valence-corrected chi connectivity index (χ4v) is 1.28. The summed E-state index contributed by atoms with van der Waals surface area (Å²) >= 11 is 3.12. The van der Waals surface area contributed by atoms with E-state index in [1.54, 1.807) is 19.1 Å². The minimum Gasteiger partial charge on any atom is -0.315 e. The molecular formula is C11H10BrNO. The van der Waals surface area contributed by atoms with Crippen molar-refractivity contribution in [3.05, 3.63) is 29.8 Å². The van der Waals surface area contributed by atoms with Crippen molar-refractivity contribution in [3.8, 4) is 12.0 Å². The lowest BCUT2D eigenvalue weighted by Crippen LogP contribution is -1.99. The Bertz CT molecular complexity index is 373. The highest BCUT2D eigenvalue weighted by molar-refractivity contribution is 9.09. The number of ketones is 1. The van der Waals surface area contributed by atoms with E-state index in [2.05, 4.69) is 33.2 Å². The molecule has 0 heterocycles. The number of carbonyl (C=O) groups is 1. The molecule has 0 unspecified atom stereocenters. The molecule has 14 heavy (non-hydrogen) atoms. The van der Waals surface area contributed by atoms with E-state index in [-0.39, 0.29) is 5.78 Å². The maximum atomic E-state index is 11.2. The van der Waals surface area contributed by atoms with Crippen LogP contribution in [0.3, 0.4) is 0 Å². The summed E-state index contributed by atoms with van der Waals surface area (Å²) in [6, 6.07) is 9.96. The van der Waals surface area contributed by atoms with Gasteiger partial charge in [-0.15, -0.1) is 0 Å². The molecule has 0 spiro atoms. The van der Waals surface area contributed by atoms with Gasteiger partial charge in [0.25, 0.3) is 0 Å². The van der Waals surface area contributed by atoms with Gasteiger partial charge in [-0.1, -0.05) is 21.9 Å². The molecule has 0 fully saturated rings. The van der Waals surface area contributed by atoms with Crippen LogP contribution in [0.2, 0.25) is 0 Å². The van der Waals surface area contributed by atoms with E-state index in [1.165, 1.54) is 0 Å². The van der Waals surface area contributed by atoms with Gasteiger partial charge in [-0.3, -0.25) is 4.79 Å². The zero-order chi connectivity index (χ0) is 10.4. The van der Waals surface area contributed by atoms with Crippen LogP contribution in [0.4, 0.5) is 5.69 Å². The Morgan fingerprint density at radius 2 is 2.07 bits per heavy atom. The van der Waals surface area contributed by atoms with E-state index in [1.807, 2.05) is 12.1 Å². The molecule has 3 heteroatoms. The second kappa shape index (κ2) is 5.46. The number of hydrogen-bond donors (Lipinski definition) is 1. The van der Waals surface area contributed by atoms with Crippen LogP contribution >= 0.6 is 15.9 Å². The van der Waals surface area contributed by atoms with Crippen molar-refractivity contribution in [3.63, 3.8) is 0 Å². The van der Waals surface area contributed by atoms with Gasteiger partial charge in [-0.05, 0) is 31.2 Å². The van der Waals surface area contributed by atoms with E-state index in [9.17, 15) is 4.79 Å². The first kappa shape index (κ1) is 10.8. The first-order valence-electron chi connectivity index (χ1n) is 4.15. The number of alkyl halides is 1. The number of Topliss-reactive ketones (excluding diaryl/α,β-unsaturated/α-hetero) is 1. The normalized spacial score (nSPS) is 8.71. The average Bonchev–Trinajstić information content (AvgIpc) is 2.26. The van der Waals surface area contributed by atoms with Gasteiger partial charge in [0.1, 0.15) is 0 Å². The first-order chi connectivity index (χ1) is 6.77. The minimum absolute atomic E-state index is 0.0816. The molecule has 1 aromatic carbocycles. The Morgan fingerprint density at radius 1 is 1.43 bits per heavy atom. The number of rotatable bonds is 3. The molecule has 0 amide bonds. The monoisotopic (exact) mass is 251 g/mol. The van der Waals surface area contributed by atoms with Crippen LogP contribution < -0.4 is 5.32 Å². The number of hydrogen-bond acceptors (Lipinski definition) is 2. The van der Waals surface area contributed by atoms with Crippen LogP contribution in [0.25, 0.3) is 0 Å². The number of benzene rings is 1. The quantitative estimate of drug-likeness (QED) is 0.388. The van der Waals surface area contributed by atoms with Gasteiger partial charge in [0.15, 0.2) is 5.78 Å². The molecule has 0 atom stereocenters. The largest absolute Gasteiger partial charge is 0.315 e. The molecule has 0 bridgehead atoms. The lowest BCUT2D eigenvalue weighted by atomic mass is 10.1. The molecule has 0 saturated heterocycles. The molecule has 0 aliphatic heterocycles. The van der Waals surface area contributed by atoms with Crippen LogP contribution in [0.15, 0.2) is 24.3 Å². The highest BCUT2D eigenvalue weighted by atomic mass is 79.9. The number of anilines is 1. The highest BCUT2D eigenvalue weighted by Crippen LogP contribution is 2.10. The first-order valence-corrected chi connectivity index (χ1v) is 5.27. The van der Waals surface area contributed by atoms with Crippen molar-refractivity contribution in [2.75, 3.05) is 10.6 Å². The van der Waals surface area contributed by atoms with E-state index in [0.717, 1.165) is 5.69 Å². The molecule has 0 aliphatic rings. The van der Waals surface area contributed by atoms with Crippen LogP contribution in [-0.4, -0.2) is 11.1 Å². The Labute approximate surface area is 91.8 Å². The van der Waals surface area contributed by atoms with Gasteiger partial charge < -0.3 is 5.32 Å². The third kappa shape index (κ3) is 2.90. The Hall–Kier alpha value is -1.27. The van der Waals surface area contributed by atoms with Gasteiger partial charge in [0, 0.05) is 17.3 Å². The summed E-state index contributed by atoms with van der Waals surface area (Å²) in [6.07, 6.45) is 0. The van der Waals surface area contributed by atoms with Crippen LogP contribution in [-0.2, 0) is 0 Å². The third-order valence-electron chi connectivity index (χ3n) is 1.66. The van der Waals surface area contributed by atoms with Gasteiger partial charge in [0.05, 0.1) is 5.33 Å². The smallest absolute Gasteiger partial charge is 0.173 e. The van der Waals surface area contributed by atoms with E-state index < -0.39 is 0 Å². The van der Waals surface area contributed by atoms with E-state index >= 15 is 0 Å². The van der Waals surface area contributed by atoms with Gasteiger partial charge in [-0.2, -0.15) is 0 Å². The second-order valence-electron chi connectivity index (χ2n) is 2.63. The summed E-state index contributed by atoms with van der Waals surface area (Å²) in [4.78, 5) is 11.2. The second-order valence-corrected chi connectivity index (χ2v) is 3.19. The van der Waals surface area contributed by atoms with Crippen LogP contribution in [0, 0.1) is 12.0 Å². The summed E-state index contributed by atoms with van der Waals surface area (Å²) in [5, 5.41) is 3.25. The van der Waals surface area contributed by atoms with E-state index in [0.29, 0.717) is 10.9 Å². The summed E-state index contributed by atoms with van der Waals surface area (Å²) in [5.41, 5.74) is 1.60. The predicted octanol–water partition coefficient (Wildman–Crippen LogP) is 2.66. The zero-order valence-electron chi connectivity index (χ0n) is 7.80. The fourth-order valence-electron chi connectivity index (χ4n) is 0.951. The van der Waals surface area contributed by atoms with Crippen molar-refractivity contribution >= 4 is 27.4 Å². The lowest BCUT2D eigenvalue weighted by Gasteiger charge is -2.00. The van der Waals surface area contributed by atoms with Gasteiger partial charge in [-0.25, -0.2) is 0 Å². The van der Waals surface area contributed by atoms with Crippen molar-refractivity contribution < 1.29 is 4.79 Å². The molecule has 1 rings (SSSR count). The fraction of sp³-hybridized carbons (Fsp3) is 0.182. The summed E-state index contributed by atoms with van der Waals surface area (Å²) in [5.74, 6) is 2.81. The van der Waals surface area contributed by atoms with Crippen LogP contribution in [0.5, 0.6) is 0 Å². The topological polar surface area (TPSA) is 29.1 Å². The molecule has 0 aromatic heterocycles. The van der Waals surface area contributed by atoms with Gasteiger partial charge >= 0.3 is 0 Å². The summed E-state index contributed by atoms with van der Waals surface area (Å²) in [6.45, 7) is 1.76. The molecule has 1 N–H and O–H groups in total. The molecule has 0 aliphatic carbocycles. The molecule has 0 saturated carbocycles. The maximum absolute atomic E-state index is 11.2. The SMILES string of the molecule is CC#CNc1ccc(C(=O)CBr)cc1. The molecule has 1 aromatic rings. The molecule has 2 nitrogen and oxygen atoms in total. The van der Waals surface area contributed by atoms with Crippen LogP contribution in [0.1, 0.15) is 17.3 Å². The third-order valence-corrected chi connectivity index (χ3v) is 2.17. The molecule has 0 radical (unpaired) electrons. The number of nitrogens with one attached hydrogen (secondary N) is 1. The Balaban J connectivity index is 2.76. The average molecular weight is 252 g/mol. The van der Waals surface area contributed by atoms with Crippen molar-refractivity contribution in [2.45, 2.75) is 6.92 Å². The standard InChI is InChI=1S/C11H10BrNO/c1-2-7-13-10-5-3-9(4-6-10)11(14)8-12/h3-6,13H,8H2,1H3. The predicted molar refractivity (Wildman–Crippen MR) is 61.6 cm³/mol. The Kier molecular flexibility index (Phi) is 4.21. The Morgan fingerprint density at radius 3 is 2.57 bits per heavy atom. The highest BCUT2D eigenvalue weighted by Gasteiger charge is 2.02.